The molecule has 0 bridgehead atoms. The van der Waals surface area contributed by atoms with Crippen molar-refractivity contribution in [1.29, 1.82) is 0 Å². The lowest BCUT2D eigenvalue weighted by Crippen LogP contribution is -2.56. The summed E-state index contributed by atoms with van der Waals surface area (Å²) in [6.07, 6.45) is 2.84. The number of cyclic esters (lactones) is 1. The Kier molecular flexibility index (Phi) is 20.6. The third-order valence-corrected chi connectivity index (χ3v) is 11.2. The second-order valence-electron chi connectivity index (χ2n) is 15.5. The van der Waals surface area contributed by atoms with E-state index < -0.39 is 41.2 Å². The molecule has 2 heterocycles. The Hall–Kier alpha value is -1.26. The zero-order valence-corrected chi connectivity index (χ0v) is 33.8. The predicted octanol–water partition coefficient (Wildman–Crippen LogP) is 8.16. The van der Waals surface area contributed by atoms with Crippen LogP contribution < -0.4 is 0 Å². The standard InChI is InChI=1S/C34H63NO8.C3H8.C2H6/c1-13-28-34(11,39)30(36)23(6)29(35-41-19-40-12)21(4)17-33(10,38)16-20(3)27(22(5)31(37)43-28)15-26-18-32(9,14-2)24(7)25(8)42-26;1-3-2;1-2/h20-28,30,36,38-39H,13-19H2,1-12H3;3H2,1-2H3;1-2H3/b35-29+;;/t20-,21-,22?,23?,24+,25?,26+,27+,28-,30?,32-,33+,34-;;/m1../s1. The second kappa shape index (κ2) is 21.2. The van der Waals surface area contributed by atoms with Crippen molar-refractivity contribution in [3.8, 4) is 0 Å². The number of carbonyl (C=O) groups is 1. The van der Waals surface area contributed by atoms with Gasteiger partial charge in [0.2, 0.25) is 6.79 Å². The van der Waals surface area contributed by atoms with E-state index in [2.05, 4.69) is 53.6 Å². The van der Waals surface area contributed by atoms with Crippen LogP contribution >= 0.6 is 0 Å². The molecule has 0 aliphatic carbocycles. The summed E-state index contributed by atoms with van der Waals surface area (Å²) in [6, 6.07) is 0. The fourth-order valence-corrected chi connectivity index (χ4v) is 7.94. The van der Waals surface area contributed by atoms with Crippen LogP contribution in [0.2, 0.25) is 0 Å². The van der Waals surface area contributed by atoms with Crippen molar-refractivity contribution in [3.05, 3.63) is 0 Å². The second-order valence-corrected chi connectivity index (χ2v) is 15.5. The minimum absolute atomic E-state index is 0.0222. The van der Waals surface area contributed by atoms with Crippen LogP contribution in [0.4, 0.5) is 0 Å². The third-order valence-electron chi connectivity index (χ3n) is 11.2. The Morgan fingerprint density at radius 2 is 1.48 bits per heavy atom. The Morgan fingerprint density at radius 3 is 1.98 bits per heavy atom. The molecule has 286 valence electrons. The molecule has 2 saturated heterocycles. The maximum atomic E-state index is 13.8. The maximum Gasteiger partial charge on any atom is 0.309 e. The van der Waals surface area contributed by atoms with E-state index in [4.69, 9.17) is 19.0 Å². The summed E-state index contributed by atoms with van der Waals surface area (Å²) in [4.78, 5) is 19.2. The summed E-state index contributed by atoms with van der Waals surface area (Å²) in [5, 5.41) is 39.2. The number of esters is 1. The van der Waals surface area contributed by atoms with Crippen LogP contribution in [0.15, 0.2) is 5.16 Å². The number of methoxy groups -OCH3 is 1. The van der Waals surface area contributed by atoms with Crippen LogP contribution in [-0.2, 0) is 23.8 Å². The number of aliphatic hydroxyl groups excluding tert-OH is 1. The number of aliphatic hydroxyl groups is 3. The van der Waals surface area contributed by atoms with Gasteiger partial charge in [-0.2, -0.15) is 0 Å². The highest BCUT2D eigenvalue weighted by Gasteiger charge is 2.48. The van der Waals surface area contributed by atoms with Gasteiger partial charge in [-0.1, -0.05) is 101 Å². The summed E-state index contributed by atoms with van der Waals surface area (Å²) >= 11 is 0. The van der Waals surface area contributed by atoms with Gasteiger partial charge in [-0.05, 0) is 76.0 Å². The number of rotatable bonds is 7. The first kappa shape index (κ1) is 46.7. The van der Waals surface area contributed by atoms with E-state index in [9.17, 15) is 20.1 Å². The Bertz CT molecular complexity index is 939. The van der Waals surface area contributed by atoms with Crippen LogP contribution in [0.3, 0.4) is 0 Å². The molecule has 0 saturated carbocycles. The van der Waals surface area contributed by atoms with E-state index in [0.717, 1.165) is 12.8 Å². The van der Waals surface area contributed by atoms with E-state index in [0.29, 0.717) is 37.3 Å². The van der Waals surface area contributed by atoms with Crippen molar-refractivity contribution in [2.24, 2.45) is 46.1 Å². The summed E-state index contributed by atoms with van der Waals surface area (Å²) in [5.41, 5.74) is -2.23. The molecule has 48 heavy (non-hydrogen) atoms. The molecule has 0 aromatic rings. The zero-order valence-electron chi connectivity index (χ0n) is 33.8. The summed E-state index contributed by atoms with van der Waals surface area (Å²) in [6.45, 7) is 30.0. The number of hydrogen-bond acceptors (Lipinski definition) is 9. The zero-order chi connectivity index (χ0) is 37.6. The van der Waals surface area contributed by atoms with Crippen molar-refractivity contribution in [1.82, 2.24) is 0 Å². The first-order valence-electron chi connectivity index (χ1n) is 18.9. The minimum Gasteiger partial charge on any atom is -0.459 e. The Morgan fingerprint density at radius 1 is 0.917 bits per heavy atom. The Balaban J connectivity index is 0.00000417. The summed E-state index contributed by atoms with van der Waals surface area (Å²) in [7, 11) is 1.49. The molecule has 9 nitrogen and oxygen atoms in total. The van der Waals surface area contributed by atoms with Crippen LogP contribution in [-0.4, -0.2) is 76.5 Å². The van der Waals surface area contributed by atoms with Crippen LogP contribution in [0.5, 0.6) is 0 Å². The van der Waals surface area contributed by atoms with Gasteiger partial charge < -0.3 is 34.4 Å². The van der Waals surface area contributed by atoms with Gasteiger partial charge in [0.25, 0.3) is 0 Å². The number of hydrogen-bond donors (Lipinski definition) is 3. The fourth-order valence-electron chi connectivity index (χ4n) is 7.94. The summed E-state index contributed by atoms with van der Waals surface area (Å²) in [5.74, 6) is -1.60. The van der Waals surface area contributed by atoms with Crippen LogP contribution in [0, 0.1) is 40.9 Å². The SMILES string of the molecule is CC.CCC.CC[C@H]1OC(=O)C(C)[C@@H](C[C@H]2C[C@@](C)(CC)[C@@H](C)C(C)O2)[C@H](C)C[C@](C)(O)C[C@@H](C)/C(=N\OCOC)C(C)C(O)[C@]1(C)O. The fraction of sp³-hybridized carbons (Fsp3) is 0.949. The van der Waals surface area contributed by atoms with Crippen molar-refractivity contribution in [2.45, 2.75) is 184 Å². The van der Waals surface area contributed by atoms with Gasteiger partial charge in [-0.25, -0.2) is 0 Å². The van der Waals surface area contributed by atoms with Crippen molar-refractivity contribution < 1.29 is 39.2 Å². The highest BCUT2D eigenvalue weighted by Crippen LogP contribution is 2.47. The molecule has 2 fully saturated rings. The molecule has 0 radical (unpaired) electrons. The van der Waals surface area contributed by atoms with Gasteiger partial charge in [-0.3, -0.25) is 4.79 Å². The molecule has 0 aromatic heterocycles. The van der Waals surface area contributed by atoms with Gasteiger partial charge in [-0.15, -0.1) is 0 Å². The number of carbonyl (C=O) groups excluding carboxylic acids is 1. The minimum atomic E-state index is -1.76. The number of nitrogens with zero attached hydrogens (tertiary/aromatic N) is 1. The molecule has 0 aromatic carbocycles. The lowest BCUT2D eigenvalue weighted by molar-refractivity contribution is -0.189. The van der Waals surface area contributed by atoms with Crippen molar-refractivity contribution in [2.75, 3.05) is 13.9 Å². The molecule has 0 spiro atoms. The first-order valence-corrected chi connectivity index (χ1v) is 18.9. The first-order chi connectivity index (χ1) is 22.3. The highest BCUT2D eigenvalue weighted by atomic mass is 16.7. The normalized spacial score (nSPS) is 42.3. The van der Waals surface area contributed by atoms with E-state index in [1.807, 2.05) is 41.5 Å². The molecule has 2 aliphatic heterocycles. The van der Waals surface area contributed by atoms with Gasteiger partial charge in [0.05, 0.1) is 35.5 Å². The van der Waals surface area contributed by atoms with Crippen molar-refractivity contribution in [3.63, 3.8) is 0 Å². The van der Waals surface area contributed by atoms with E-state index in [-0.39, 0.29) is 42.2 Å². The molecule has 4 unspecified atom stereocenters. The average Bonchev–Trinajstić information content (AvgIpc) is 3.02. The molecule has 9 heteroatoms. The van der Waals surface area contributed by atoms with Gasteiger partial charge >= 0.3 is 5.97 Å². The molecule has 2 aliphatic rings. The molecular formula is C39H77NO8. The molecular weight excluding hydrogens is 610 g/mol. The monoisotopic (exact) mass is 688 g/mol. The Labute approximate surface area is 294 Å². The number of ether oxygens (including phenoxy) is 3. The third kappa shape index (κ3) is 12.8. The predicted molar refractivity (Wildman–Crippen MR) is 196 cm³/mol. The lowest BCUT2D eigenvalue weighted by Gasteiger charge is -2.48. The van der Waals surface area contributed by atoms with Gasteiger partial charge in [0, 0.05) is 18.9 Å². The number of oxime groups is 1. The lowest BCUT2D eigenvalue weighted by atomic mass is 9.66. The molecule has 13 atom stereocenters. The van der Waals surface area contributed by atoms with Crippen molar-refractivity contribution >= 4 is 11.7 Å². The topological polar surface area (TPSA) is 127 Å². The van der Waals surface area contributed by atoms with Crippen LogP contribution in [0.1, 0.15) is 149 Å². The van der Waals surface area contributed by atoms with E-state index >= 15 is 0 Å². The maximum absolute atomic E-state index is 13.8. The smallest absolute Gasteiger partial charge is 0.309 e. The largest absolute Gasteiger partial charge is 0.459 e. The average molecular weight is 688 g/mol. The van der Waals surface area contributed by atoms with Gasteiger partial charge in [0.15, 0.2) is 0 Å². The van der Waals surface area contributed by atoms with E-state index in [1.165, 1.54) is 20.5 Å². The molecule has 3 N–H and O–H groups in total. The van der Waals surface area contributed by atoms with Crippen LogP contribution in [0.25, 0.3) is 0 Å². The molecule has 2 rings (SSSR count). The summed E-state index contributed by atoms with van der Waals surface area (Å²) < 4.78 is 17.6. The van der Waals surface area contributed by atoms with E-state index in [1.54, 1.807) is 6.92 Å². The molecule has 0 amide bonds. The quantitative estimate of drug-likeness (QED) is 0.106. The highest BCUT2D eigenvalue weighted by molar-refractivity contribution is 5.88. The van der Waals surface area contributed by atoms with Gasteiger partial charge in [0.1, 0.15) is 11.7 Å².